The SMILES string of the molecule is SCc1cn(C2CC(CS)C2)nn1. The molecule has 3 nitrogen and oxygen atoms in total. The first-order valence-electron chi connectivity index (χ1n) is 4.46. The molecule has 5 heteroatoms. The molecule has 0 radical (unpaired) electrons. The highest BCUT2D eigenvalue weighted by Crippen LogP contribution is 2.37. The average molecular weight is 215 g/mol. The van der Waals surface area contributed by atoms with Crippen molar-refractivity contribution in [1.82, 2.24) is 15.0 Å². The molecule has 1 aromatic rings. The normalized spacial score (nSPS) is 27.2. The van der Waals surface area contributed by atoms with Crippen molar-refractivity contribution in [2.24, 2.45) is 5.92 Å². The lowest BCUT2D eigenvalue weighted by Crippen LogP contribution is -2.28. The molecule has 0 amide bonds. The summed E-state index contributed by atoms with van der Waals surface area (Å²) in [7, 11) is 0. The van der Waals surface area contributed by atoms with Crippen LogP contribution >= 0.6 is 25.3 Å². The van der Waals surface area contributed by atoms with Crippen LogP contribution in [0.5, 0.6) is 0 Å². The Morgan fingerprint density at radius 2 is 2.23 bits per heavy atom. The molecule has 0 atom stereocenters. The zero-order valence-corrected chi connectivity index (χ0v) is 9.09. The van der Waals surface area contributed by atoms with Crippen molar-refractivity contribution in [3.05, 3.63) is 11.9 Å². The highest BCUT2D eigenvalue weighted by Gasteiger charge is 2.29. The molecule has 2 rings (SSSR count). The van der Waals surface area contributed by atoms with Gasteiger partial charge < -0.3 is 0 Å². The van der Waals surface area contributed by atoms with Gasteiger partial charge in [0.05, 0.1) is 11.7 Å². The van der Waals surface area contributed by atoms with E-state index in [1.807, 2.05) is 10.9 Å². The first-order chi connectivity index (χ1) is 6.33. The van der Waals surface area contributed by atoms with Crippen molar-refractivity contribution >= 4 is 25.3 Å². The van der Waals surface area contributed by atoms with Crippen LogP contribution in [-0.4, -0.2) is 20.7 Å². The summed E-state index contributed by atoms with van der Waals surface area (Å²) in [6.45, 7) is 0. The Bertz CT molecular complexity index is 281. The van der Waals surface area contributed by atoms with Gasteiger partial charge in [-0.05, 0) is 24.5 Å². The molecule has 1 saturated carbocycles. The van der Waals surface area contributed by atoms with Gasteiger partial charge in [-0.25, -0.2) is 4.68 Å². The van der Waals surface area contributed by atoms with Gasteiger partial charge in [0, 0.05) is 11.9 Å². The van der Waals surface area contributed by atoms with Gasteiger partial charge in [-0.15, -0.1) is 5.10 Å². The Morgan fingerprint density at radius 1 is 1.46 bits per heavy atom. The summed E-state index contributed by atoms with van der Waals surface area (Å²) in [5, 5.41) is 8.08. The molecule has 0 saturated heterocycles. The number of thiol groups is 2. The molecular weight excluding hydrogens is 202 g/mol. The summed E-state index contributed by atoms with van der Waals surface area (Å²) in [6, 6.07) is 0.554. The quantitative estimate of drug-likeness (QED) is 0.750. The summed E-state index contributed by atoms with van der Waals surface area (Å²) in [5.41, 5.74) is 0.956. The average Bonchev–Trinajstić information content (AvgIpc) is 2.51. The van der Waals surface area contributed by atoms with Crippen LogP contribution in [0.3, 0.4) is 0 Å². The fourth-order valence-electron chi connectivity index (χ4n) is 1.63. The summed E-state index contributed by atoms with van der Waals surface area (Å²) in [5.74, 6) is 2.44. The fourth-order valence-corrected chi connectivity index (χ4v) is 2.07. The van der Waals surface area contributed by atoms with Gasteiger partial charge in [0.15, 0.2) is 0 Å². The Labute approximate surface area is 88.7 Å². The van der Waals surface area contributed by atoms with Crippen molar-refractivity contribution in [1.29, 1.82) is 0 Å². The van der Waals surface area contributed by atoms with Crippen LogP contribution in [0.2, 0.25) is 0 Å². The third-order valence-electron chi connectivity index (χ3n) is 2.56. The lowest BCUT2D eigenvalue weighted by Gasteiger charge is -2.33. The van der Waals surface area contributed by atoms with Crippen molar-refractivity contribution < 1.29 is 0 Å². The minimum atomic E-state index is 0.554. The number of aromatic nitrogens is 3. The minimum absolute atomic E-state index is 0.554. The van der Waals surface area contributed by atoms with E-state index in [0.29, 0.717) is 11.8 Å². The first-order valence-corrected chi connectivity index (χ1v) is 5.72. The number of nitrogens with zero attached hydrogens (tertiary/aromatic N) is 3. The van der Waals surface area contributed by atoms with Gasteiger partial charge in [0.1, 0.15) is 0 Å². The van der Waals surface area contributed by atoms with E-state index in [9.17, 15) is 0 Å². The van der Waals surface area contributed by atoms with Crippen LogP contribution in [0.1, 0.15) is 24.6 Å². The summed E-state index contributed by atoms with van der Waals surface area (Å²) in [6.07, 6.45) is 4.38. The smallest absolute Gasteiger partial charge is 0.0923 e. The Balaban J connectivity index is 1.95. The van der Waals surface area contributed by atoms with E-state index in [1.54, 1.807) is 0 Å². The molecular formula is C8H13N3S2. The van der Waals surface area contributed by atoms with Crippen molar-refractivity contribution in [3.8, 4) is 0 Å². The standard InChI is InChI=1S/C8H13N3S2/c12-4-6-1-8(2-6)11-3-7(5-13)9-10-11/h3,6,8,12-13H,1-2,4-5H2. The van der Waals surface area contributed by atoms with Gasteiger partial charge in [0.2, 0.25) is 0 Å². The lowest BCUT2D eigenvalue weighted by atomic mass is 9.82. The van der Waals surface area contributed by atoms with Gasteiger partial charge in [-0.3, -0.25) is 0 Å². The third-order valence-corrected chi connectivity index (χ3v) is 3.40. The van der Waals surface area contributed by atoms with E-state index in [-0.39, 0.29) is 0 Å². The van der Waals surface area contributed by atoms with Crippen LogP contribution in [-0.2, 0) is 5.75 Å². The second-order valence-electron chi connectivity index (χ2n) is 3.52. The van der Waals surface area contributed by atoms with Crippen molar-refractivity contribution in [3.63, 3.8) is 0 Å². The number of hydrogen-bond donors (Lipinski definition) is 2. The number of hydrogen-bond acceptors (Lipinski definition) is 4. The van der Waals surface area contributed by atoms with E-state index >= 15 is 0 Å². The van der Waals surface area contributed by atoms with Crippen LogP contribution in [0.15, 0.2) is 6.20 Å². The van der Waals surface area contributed by atoms with E-state index in [2.05, 4.69) is 35.6 Å². The van der Waals surface area contributed by atoms with E-state index in [0.717, 1.165) is 17.4 Å². The maximum Gasteiger partial charge on any atom is 0.0923 e. The maximum atomic E-state index is 4.27. The fraction of sp³-hybridized carbons (Fsp3) is 0.750. The van der Waals surface area contributed by atoms with Crippen molar-refractivity contribution in [2.75, 3.05) is 5.75 Å². The molecule has 0 aromatic carbocycles. The zero-order valence-electron chi connectivity index (χ0n) is 7.30. The molecule has 0 unspecified atom stereocenters. The Hall–Kier alpha value is -0.160. The zero-order chi connectivity index (χ0) is 9.26. The summed E-state index contributed by atoms with van der Waals surface area (Å²) < 4.78 is 1.96. The molecule has 13 heavy (non-hydrogen) atoms. The molecule has 0 N–H and O–H groups in total. The van der Waals surface area contributed by atoms with E-state index < -0.39 is 0 Å². The van der Waals surface area contributed by atoms with Crippen LogP contribution < -0.4 is 0 Å². The monoisotopic (exact) mass is 215 g/mol. The van der Waals surface area contributed by atoms with Crippen LogP contribution in [0.25, 0.3) is 0 Å². The summed E-state index contributed by atoms with van der Waals surface area (Å²) >= 11 is 8.41. The van der Waals surface area contributed by atoms with Gasteiger partial charge in [-0.2, -0.15) is 25.3 Å². The lowest BCUT2D eigenvalue weighted by molar-refractivity contribution is 0.202. The topological polar surface area (TPSA) is 30.7 Å². The Kier molecular flexibility index (Phi) is 2.83. The maximum absolute atomic E-state index is 4.27. The summed E-state index contributed by atoms with van der Waals surface area (Å²) in [4.78, 5) is 0. The van der Waals surface area contributed by atoms with E-state index in [1.165, 1.54) is 12.8 Å². The predicted molar refractivity (Wildman–Crippen MR) is 58.3 cm³/mol. The first kappa shape index (κ1) is 9.40. The molecule has 1 aliphatic rings. The molecule has 0 aliphatic heterocycles. The van der Waals surface area contributed by atoms with Crippen LogP contribution in [0, 0.1) is 5.92 Å². The van der Waals surface area contributed by atoms with Crippen molar-refractivity contribution in [2.45, 2.75) is 24.6 Å². The molecule has 0 bridgehead atoms. The molecule has 1 heterocycles. The Morgan fingerprint density at radius 3 is 2.77 bits per heavy atom. The highest BCUT2D eigenvalue weighted by molar-refractivity contribution is 7.80. The van der Waals surface area contributed by atoms with Gasteiger partial charge in [0.25, 0.3) is 0 Å². The highest BCUT2D eigenvalue weighted by atomic mass is 32.1. The van der Waals surface area contributed by atoms with Gasteiger partial charge >= 0.3 is 0 Å². The second kappa shape index (κ2) is 3.92. The second-order valence-corrected chi connectivity index (χ2v) is 4.20. The third kappa shape index (κ3) is 1.86. The number of rotatable bonds is 3. The molecule has 1 fully saturated rings. The largest absolute Gasteiger partial charge is 0.249 e. The molecule has 0 spiro atoms. The van der Waals surface area contributed by atoms with Crippen LogP contribution in [0.4, 0.5) is 0 Å². The molecule has 1 aromatic heterocycles. The van der Waals surface area contributed by atoms with E-state index in [4.69, 9.17) is 0 Å². The minimum Gasteiger partial charge on any atom is -0.249 e. The predicted octanol–water partition coefficient (Wildman–Crippen LogP) is 1.59. The molecule has 72 valence electrons. The van der Waals surface area contributed by atoms with Gasteiger partial charge in [-0.1, -0.05) is 5.21 Å². The molecule has 1 aliphatic carbocycles.